The van der Waals surface area contributed by atoms with Crippen molar-refractivity contribution in [2.75, 3.05) is 33.3 Å². The summed E-state index contributed by atoms with van der Waals surface area (Å²) >= 11 is 0. The van der Waals surface area contributed by atoms with E-state index in [1.807, 2.05) is 12.2 Å². The minimum Gasteiger partial charge on any atom is -0.396 e. The third-order valence-corrected chi connectivity index (χ3v) is 2.25. The first kappa shape index (κ1) is 12.4. The lowest BCUT2D eigenvalue weighted by Gasteiger charge is -2.32. The Labute approximate surface area is 81.8 Å². The van der Waals surface area contributed by atoms with Crippen molar-refractivity contribution < 1.29 is 9.59 Å². The molecule has 0 fully saturated rings. The third kappa shape index (κ3) is 5.61. The Balaban J connectivity index is 3.90. The van der Waals surface area contributed by atoms with E-state index in [2.05, 4.69) is 20.2 Å². The van der Waals surface area contributed by atoms with Crippen molar-refractivity contribution in [2.24, 2.45) is 0 Å². The van der Waals surface area contributed by atoms with Crippen molar-refractivity contribution in [2.45, 2.75) is 12.8 Å². The molecule has 0 saturated heterocycles. The monoisotopic (exact) mass is 184 g/mol. The smallest absolute Gasteiger partial charge is 0.0971 e. The number of hydrogen-bond acceptors (Lipinski definition) is 1. The van der Waals surface area contributed by atoms with E-state index in [0.29, 0.717) is 6.61 Å². The van der Waals surface area contributed by atoms with Gasteiger partial charge >= 0.3 is 0 Å². The van der Waals surface area contributed by atoms with Crippen LogP contribution < -0.4 is 0 Å². The molecule has 1 N–H and O–H groups in total. The second kappa shape index (κ2) is 6.87. The molecule has 0 unspecified atom stereocenters. The van der Waals surface area contributed by atoms with E-state index in [1.54, 1.807) is 0 Å². The maximum absolute atomic E-state index is 8.68. The first-order chi connectivity index (χ1) is 6.18. The van der Waals surface area contributed by atoms with Gasteiger partial charge in [0, 0.05) is 6.61 Å². The average molecular weight is 184 g/mol. The Kier molecular flexibility index (Phi) is 6.55. The molecular formula is C11H22NO+. The first-order valence-electron chi connectivity index (χ1n) is 4.85. The molecule has 0 rings (SSSR count). The molecule has 0 aliphatic carbocycles. The molecule has 0 aromatic rings. The molecule has 0 aliphatic rings. The fourth-order valence-corrected chi connectivity index (χ4v) is 1.49. The van der Waals surface area contributed by atoms with Crippen LogP contribution in [0.2, 0.25) is 0 Å². The van der Waals surface area contributed by atoms with E-state index < -0.39 is 0 Å². The lowest BCUT2D eigenvalue weighted by atomic mass is 10.2. The SMILES string of the molecule is C=CC[N+](C)(CC=C)CCCCO. The summed E-state index contributed by atoms with van der Waals surface area (Å²) in [4.78, 5) is 0. The fourth-order valence-electron chi connectivity index (χ4n) is 1.49. The van der Waals surface area contributed by atoms with Crippen LogP contribution in [-0.4, -0.2) is 42.9 Å². The Bertz CT molecular complexity index is 144. The molecule has 2 heteroatoms. The van der Waals surface area contributed by atoms with E-state index in [1.165, 1.54) is 0 Å². The molecule has 0 heterocycles. The van der Waals surface area contributed by atoms with Gasteiger partial charge in [0.15, 0.2) is 0 Å². The summed E-state index contributed by atoms with van der Waals surface area (Å²) in [7, 11) is 2.20. The topological polar surface area (TPSA) is 20.2 Å². The largest absolute Gasteiger partial charge is 0.396 e. The van der Waals surface area contributed by atoms with E-state index in [-0.39, 0.29) is 0 Å². The van der Waals surface area contributed by atoms with Gasteiger partial charge in [-0.3, -0.25) is 0 Å². The minimum absolute atomic E-state index is 0.294. The molecule has 0 spiro atoms. The van der Waals surface area contributed by atoms with Crippen LogP contribution in [0.1, 0.15) is 12.8 Å². The predicted octanol–water partition coefficient (Wildman–Crippen LogP) is 1.58. The van der Waals surface area contributed by atoms with Gasteiger partial charge in [-0.25, -0.2) is 0 Å². The molecule has 0 aliphatic heterocycles. The zero-order valence-corrected chi connectivity index (χ0v) is 8.71. The minimum atomic E-state index is 0.294. The number of aliphatic hydroxyl groups is 1. The van der Waals surface area contributed by atoms with Crippen molar-refractivity contribution in [1.29, 1.82) is 0 Å². The van der Waals surface area contributed by atoms with Crippen LogP contribution in [0.15, 0.2) is 25.3 Å². The molecule has 0 bridgehead atoms. The number of rotatable bonds is 8. The van der Waals surface area contributed by atoms with E-state index in [9.17, 15) is 0 Å². The fraction of sp³-hybridized carbons (Fsp3) is 0.636. The summed E-state index contributed by atoms with van der Waals surface area (Å²) < 4.78 is 0.951. The number of quaternary nitrogens is 1. The van der Waals surface area contributed by atoms with Crippen molar-refractivity contribution in [3.8, 4) is 0 Å². The van der Waals surface area contributed by atoms with E-state index >= 15 is 0 Å². The Hall–Kier alpha value is -0.600. The molecule has 76 valence electrons. The zero-order valence-electron chi connectivity index (χ0n) is 8.71. The van der Waals surface area contributed by atoms with Gasteiger partial charge in [0.2, 0.25) is 0 Å². The summed E-state index contributed by atoms with van der Waals surface area (Å²) in [6.45, 7) is 10.8. The lowest BCUT2D eigenvalue weighted by molar-refractivity contribution is -0.898. The molecular weight excluding hydrogens is 162 g/mol. The second-order valence-electron chi connectivity index (χ2n) is 3.72. The maximum Gasteiger partial charge on any atom is 0.0971 e. The summed E-state index contributed by atoms with van der Waals surface area (Å²) in [5.74, 6) is 0. The van der Waals surface area contributed by atoms with Gasteiger partial charge in [-0.05, 0) is 25.0 Å². The van der Waals surface area contributed by atoms with Gasteiger partial charge in [-0.15, -0.1) is 0 Å². The molecule has 0 aromatic carbocycles. The second-order valence-corrected chi connectivity index (χ2v) is 3.72. The number of unbranched alkanes of at least 4 members (excludes halogenated alkanes) is 1. The van der Waals surface area contributed by atoms with Crippen LogP contribution in [0.5, 0.6) is 0 Å². The van der Waals surface area contributed by atoms with Crippen LogP contribution in [-0.2, 0) is 0 Å². The van der Waals surface area contributed by atoms with Crippen LogP contribution in [0.3, 0.4) is 0 Å². The molecule has 2 nitrogen and oxygen atoms in total. The maximum atomic E-state index is 8.68. The van der Waals surface area contributed by atoms with Crippen LogP contribution >= 0.6 is 0 Å². The Morgan fingerprint density at radius 3 is 2.08 bits per heavy atom. The lowest BCUT2D eigenvalue weighted by Crippen LogP contribution is -2.44. The van der Waals surface area contributed by atoms with Crippen LogP contribution in [0.4, 0.5) is 0 Å². The van der Waals surface area contributed by atoms with Crippen molar-refractivity contribution >= 4 is 0 Å². The average Bonchev–Trinajstić information content (AvgIpc) is 2.05. The molecule has 0 aromatic heterocycles. The quantitative estimate of drug-likeness (QED) is 0.345. The highest BCUT2D eigenvalue weighted by molar-refractivity contribution is 4.70. The highest BCUT2D eigenvalue weighted by atomic mass is 16.2. The number of hydrogen-bond donors (Lipinski definition) is 1. The number of likely N-dealkylation sites (N-methyl/N-ethyl adjacent to an activating group) is 1. The van der Waals surface area contributed by atoms with Gasteiger partial charge in [-0.1, -0.05) is 13.2 Å². The molecule has 0 amide bonds. The molecule has 0 radical (unpaired) electrons. The van der Waals surface area contributed by atoms with Gasteiger partial charge < -0.3 is 9.59 Å². The van der Waals surface area contributed by atoms with Crippen molar-refractivity contribution in [3.05, 3.63) is 25.3 Å². The molecule has 0 saturated carbocycles. The van der Waals surface area contributed by atoms with Crippen molar-refractivity contribution in [3.63, 3.8) is 0 Å². The van der Waals surface area contributed by atoms with Crippen LogP contribution in [0, 0.1) is 0 Å². The Morgan fingerprint density at radius 2 is 1.69 bits per heavy atom. The van der Waals surface area contributed by atoms with Gasteiger partial charge in [0.05, 0.1) is 26.7 Å². The van der Waals surface area contributed by atoms with Crippen molar-refractivity contribution in [1.82, 2.24) is 0 Å². The van der Waals surface area contributed by atoms with Crippen LogP contribution in [0.25, 0.3) is 0 Å². The standard InChI is InChI=1S/C11H22NO/c1-4-8-12(3,9-5-2)10-6-7-11-13/h4-5,13H,1-2,6-11H2,3H3/q+1. The number of aliphatic hydroxyl groups excluding tert-OH is 1. The first-order valence-corrected chi connectivity index (χ1v) is 4.85. The summed E-state index contributed by atoms with van der Waals surface area (Å²) in [6.07, 6.45) is 5.85. The number of nitrogens with zero attached hydrogens (tertiary/aromatic N) is 1. The van der Waals surface area contributed by atoms with Gasteiger partial charge in [0.1, 0.15) is 0 Å². The van der Waals surface area contributed by atoms with E-state index in [4.69, 9.17) is 5.11 Å². The highest BCUT2D eigenvalue weighted by Crippen LogP contribution is 2.05. The third-order valence-electron chi connectivity index (χ3n) is 2.25. The zero-order chi connectivity index (χ0) is 10.2. The molecule has 13 heavy (non-hydrogen) atoms. The Morgan fingerprint density at radius 1 is 1.15 bits per heavy atom. The summed E-state index contributed by atoms with van der Waals surface area (Å²) in [6, 6.07) is 0. The predicted molar refractivity (Wildman–Crippen MR) is 57.5 cm³/mol. The normalized spacial score (nSPS) is 11.2. The highest BCUT2D eigenvalue weighted by Gasteiger charge is 2.16. The van der Waals surface area contributed by atoms with Gasteiger partial charge in [-0.2, -0.15) is 0 Å². The summed E-state index contributed by atoms with van der Waals surface area (Å²) in [5.41, 5.74) is 0. The van der Waals surface area contributed by atoms with Gasteiger partial charge in [0.25, 0.3) is 0 Å². The molecule has 0 atom stereocenters. The summed E-state index contributed by atoms with van der Waals surface area (Å²) in [5, 5.41) is 8.68. The van der Waals surface area contributed by atoms with E-state index in [0.717, 1.165) is 37.0 Å².